The van der Waals surface area contributed by atoms with E-state index in [9.17, 15) is 10.2 Å². The van der Waals surface area contributed by atoms with E-state index in [0.717, 1.165) is 22.3 Å². The van der Waals surface area contributed by atoms with Crippen molar-refractivity contribution in [1.82, 2.24) is 0 Å². The Kier molecular flexibility index (Phi) is 6.80. The second-order valence-corrected chi connectivity index (χ2v) is 4.90. The summed E-state index contributed by atoms with van der Waals surface area (Å²) in [6.45, 7) is 4.00. The first-order chi connectivity index (χ1) is 9.06. The SMILES string of the molecule is Cc1ccc(C(O)[CH]C(O)c2ccc(C)cc2)cc1.[Sc]. The molecule has 2 N–H and O–H groups in total. The predicted molar refractivity (Wildman–Crippen MR) is 76.6 cm³/mol. The minimum atomic E-state index is -0.767. The summed E-state index contributed by atoms with van der Waals surface area (Å²) in [7, 11) is 0. The number of aryl methyl sites for hydroxylation is 2. The van der Waals surface area contributed by atoms with Gasteiger partial charge in [-0.1, -0.05) is 59.7 Å². The molecule has 0 amide bonds. The summed E-state index contributed by atoms with van der Waals surface area (Å²) < 4.78 is 0. The Labute approximate surface area is 139 Å². The van der Waals surface area contributed by atoms with E-state index >= 15 is 0 Å². The maximum Gasteiger partial charge on any atom is 0.0851 e. The van der Waals surface area contributed by atoms with Crippen molar-refractivity contribution in [3.63, 3.8) is 0 Å². The van der Waals surface area contributed by atoms with E-state index in [4.69, 9.17) is 0 Å². The third-order valence-electron chi connectivity index (χ3n) is 3.20. The van der Waals surface area contributed by atoms with Crippen LogP contribution in [0.4, 0.5) is 0 Å². The zero-order valence-electron chi connectivity index (χ0n) is 11.8. The van der Waals surface area contributed by atoms with Gasteiger partial charge in [-0.25, -0.2) is 0 Å². The Morgan fingerprint density at radius 1 is 0.700 bits per heavy atom. The number of aliphatic hydroxyl groups is 2. The number of benzene rings is 2. The summed E-state index contributed by atoms with van der Waals surface area (Å²) in [5.41, 5.74) is 3.87. The molecule has 0 bridgehead atoms. The average molecular weight is 300 g/mol. The summed E-state index contributed by atoms with van der Waals surface area (Å²) >= 11 is 0. The number of rotatable bonds is 4. The molecule has 2 nitrogen and oxygen atoms in total. The van der Waals surface area contributed by atoms with Crippen molar-refractivity contribution in [2.45, 2.75) is 26.1 Å². The van der Waals surface area contributed by atoms with Crippen LogP contribution in [0.15, 0.2) is 48.5 Å². The molecule has 3 heteroatoms. The maximum atomic E-state index is 10.1. The molecule has 0 aliphatic rings. The summed E-state index contributed by atoms with van der Waals surface area (Å²) in [4.78, 5) is 0. The van der Waals surface area contributed by atoms with Gasteiger partial charge in [-0.2, -0.15) is 0 Å². The molecule has 0 aliphatic heterocycles. The molecule has 0 saturated heterocycles. The first-order valence-electron chi connectivity index (χ1n) is 6.40. The van der Waals surface area contributed by atoms with E-state index in [1.807, 2.05) is 62.4 Å². The van der Waals surface area contributed by atoms with Crippen LogP contribution in [-0.4, -0.2) is 10.2 Å². The van der Waals surface area contributed by atoms with E-state index in [1.165, 1.54) is 6.42 Å². The van der Waals surface area contributed by atoms with Gasteiger partial charge < -0.3 is 10.2 Å². The molecule has 2 aromatic rings. The Balaban J connectivity index is 0.00000200. The van der Waals surface area contributed by atoms with Crippen molar-refractivity contribution >= 4 is 0 Å². The van der Waals surface area contributed by atoms with Crippen LogP contribution in [0.3, 0.4) is 0 Å². The molecular formula is C17H19O2Sc. The van der Waals surface area contributed by atoms with E-state index in [1.54, 1.807) is 0 Å². The van der Waals surface area contributed by atoms with Crippen molar-refractivity contribution in [1.29, 1.82) is 0 Å². The summed E-state index contributed by atoms with van der Waals surface area (Å²) in [5.74, 6) is 0. The molecule has 2 radical (unpaired) electrons. The van der Waals surface area contributed by atoms with Crippen LogP contribution >= 0.6 is 0 Å². The van der Waals surface area contributed by atoms with Crippen molar-refractivity contribution in [3.05, 3.63) is 77.2 Å². The van der Waals surface area contributed by atoms with Crippen molar-refractivity contribution in [2.75, 3.05) is 0 Å². The standard InChI is InChI=1S/C17H19O2.Sc/c1-12-3-7-14(8-4-12)16(18)11-17(19)15-9-5-13(2)6-10-15;/h3-11,16-19H,1-2H3;. The minimum Gasteiger partial charge on any atom is -0.388 e. The Bertz CT molecular complexity index is 470. The fourth-order valence-corrected chi connectivity index (χ4v) is 1.92. The van der Waals surface area contributed by atoms with Gasteiger partial charge in [0.15, 0.2) is 0 Å². The van der Waals surface area contributed by atoms with Crippen molar-refractivity contribution in [3.8, 4) is 0 Å². The molecule has 102 valence electrons. The topological polar surface area (TPSA) is 40.5 Å². The first-order valence-corrected chi connectivity index (χ1v) is 6.40. The van der Waals surface area contributed by atoms with Crippen molar-refractivity contribution < 1.29 is 36.1 Å². The number of hydrogen-bond acceptors (Lipinski definition) is 2. The molecule has 0 aromatic heterocycles. The second-order valence-electron chi connectivity index (χ2n) is 4.90. The smallest absolute Gasteiger partial charge is 0.0851 e. The number of hydrogen-bond donors (Lipinski definition) is 2. The van der Waals surface area contributed by atoms with Gasteiger partial charge in [0.25, 0.3) is 0 Å². The molecule has 2 rings (SSSR count). The number of aliphatic hydroxyl groups excluding tert-OH is 2. The molecule has 2 atom stereocenters. The summed E-state index contributed by atoms with van der Waals surface area (Å²) in [6, 6.07) is 15.3. The fourth-order valence-electron chi connectivity index (χ4n) is 1.92. The average Bonchev–Trinajstić information content (AvgIpc) is 2.40. The van der Waals surface area contributed by atoms with Crippen LogP contribution in [0.2, 0.25) is 0 Å². The predicted octanol–water partition coefficient (Wildman–Crippen LogP) is 3.27. The van der Waals surface area contributed by atoms with Crippen molar-refractivity contribution in [2.24, 2.45) is 0 Å². The first kappa shape index (κ1) is 17.3. The van der Waals surface area contributed by atoms with Crippen LogP contribution < -0.4 is 0 Å². The van der Waals surface area contributed by atoms with Gasteiger partial charge >= 0.3 is 0 Å². The fraction of sp³-hybridized carbons (Fsp3) is 0.235. The van der Waals surface area contributed by atoms with Crippen LogP contribution in [0.5, 0.6) is 0 Å². The zero-order valence-corrected chi connectivity index (χ0v) is 13.6. The summed E-state index contributed by atoms with van der Waals surface area (Å²) in [6.07, 6.45) is 0.00352. The van der Waals surface area contributed by atoms with Crippen LogP contribution in [0, 0.1) is 20.3 Å². The molecule has 0 spiro atoms. The Morgan fingerprint density at radius 3 is 1.30 bits per heavy atom. The molecule has 0 saturated carbocycles. The third kappa shape index (κ3) is 4.65. The normalized spacial score (nSPS) is 13.4. The van der Waals surface area contributed by atoms with Gasteiger partial charge in [0.2, 0.25) is 0 Å². The van der Waals surface area contributed by atoms with Gasteiger partial charge in [0.1, 0.15) is 0 Å². The van der Waals surface area contributed by atoms with E-state index in [2.05, 4.69) is 0 Å². The molecule has 0 fully saturated rings. The molecular weight excluding hydrogens is 281 g/mol. The third-order valence-corrected chi connectivity index (χ3v) is 3.20. The monoisotopic (exact) mass is 300 g/mol. The molecule has 0 heterocycles. The Morgan fingerprint density at radius 2 is 1.00 bits per heavy atom. The molecule has 2 unspecified atom stereocenters. The Hall–Kier alpha value is -0.770. The van der Waals surface area contributed by atoms with Crippen LogP contribution in [0.25, 0.3) is 0 Å². The van der Waals surface area contributed by atoms with Gasteiger partial charge in [-0.15, -0.1) is 0 Å². The molecule has 2 aromatic carbocycles. The zero-order chi connectivity index (χ0) is 13.8. The second kappa shape index (κ2) is 7.87. The van der Waals surface area contributed by atoms with Gasteiger partial charge in [-0.05, 0) is 25.0 Å². The van der Waals surface area contributed by atoms with Crippen LogP contribution in [0.1, 0.15) is 34.5 Å². The van der Waals surface area contributed by atoms with E-state index < -0.39 is 12.2 Å². The molecule has 20 heavy (non-hydrogen) atoms. The quantitative estimate of drug-likeness (QED) is 0.910. The minimum absolute atomic E-state index is 0. The van der Waals surface area contributed by atoms with Gasteiger partial charge in [0, 0.05) is 32.3 Å². The largest absolute Gasteiger partial charge is 0.388 e. The summed E-state index contributed by atoms with van der Waals surface area (Å²) in [5, 5.41) is 20.2. The van der Waals surface area contributed by atoms with Gasteiger partial charge in [-0.3, -0.25) is 0 Å². The molecule has 0 aliphatic carbocycles. The maximum absolute atomic E-state index is 10.1. The van der Waals surface area contributed by atoms with Gasteiger partial charge in [0.05, 0.1) is 12.2 Å². The van der Waals surface area contributed by atoms with E-state index in [0.29, 0.717) is 0 Å². The van der Waals surface area contributed by atoms with Crippen LogP contribution in [-0.2, 0) is 25.8 Å². The van der Waals surface area contributed by atoms with E-state index in [-0.39, 0.29) is 25.8 Å².